The quantitative estimate of drug-likeness (QED) is 0.839. The van der Waals surface area contributed by atoms with Gasteiger partial charge in [0, 0.05) is 6.54 Å². The molecule has 1 aromatic carbocycles. The summed E-state index contributed by atoms with van der Waals surface area (Å²) in [6.45, 7) is 2.35. The second-order valence-electron chi connectivity index (χ2n) is 4.41. The Balaban J connectivity index is 2.49. The minimum atomic E-state index is -4.76. The zero-order valence-electron chi connectivity index (χ0n) is 11.0. The van der Waals surface area contributed by atoms with Gasteiger partial charge in [-0.1, -0.05) is 6.07 Å². The van der Waals surface area contributed by atoms with Gasteiger partial charge in [-0.25, -0.2) is 4.39 Å². The second-order valence-corrected chi connectivity index (χ2v) is 5.26. The Morgan fingerprint density at radius 1 is 1.38 bits per heavy atom. The van der Waals surface area contributed by atoms with Crippen LogP contribution < -0.4 is 5.73 Å². The van der Waals surface area contributed by atoms with Crippen molar-refractivity contribution >= 4 is 15.9 Å². The molecule has 21 heavy (non-hydrogen) atoms. The lowest BCUT2D eigenvalue weighted by atomic mass is 10.0. The summed E-state index contributed by atoms with van der Waals surface area (Å²) in [5, 5.41) is 4.06. The van der Waals surface area contributed by atoms with Crippen LogP contribution in [0.2, 0.25) is 0 Å². The first-order valence-electron chi connectivity index (χ1n) is 6.09. The molecule has 0 amide bonds. The highest BCUT2D eigenvalue weighted by Crippen LogP contribution is 2.34. The van der Waals surface area contributed by atoms with Gasteiger partial charge in [-0.2, -0.15) is 18.3 Å². The fourth-order valence-electron chi connectivity index (χ4n) is 2.04. The molecule has 0 saturated carbocycles. The van der Waals surface area contributed by atoms with Gasteiger partial charge in [0.1, 0.15) is 5.82 Å². The smallest absolute Gasteiger partial charge is 0.319 e. The number of alkyl halides is 3. The van der Waals surface area contributed by atoms with E-state index >= 15 is 0 Å². The number of hydrogen-bond donors (Lipinski definition) is 1. The Morgan fingerprint density at radius 3 is 2.62 bits per heavy atom. The molecule has 8 heteroatoms. The standard InChI is InChI=1S/C13H12BrF4N3/c1-2-21-12(9(14)6-20-21)11(19)7-3-4-10(15)8(5-7)13(16,17)18/h3-6,11H,2,19H2,1H3. The van der Waals surface area contributed by atoms with E-state index in [0.717, 1.165) is 12.1 Å². The molecule has 3 nitrogen and oxygen atoms in total. The molecule has 1 atom stereocenters. The molecule has 2 rings (SSSR count). The number of nitrogens with zero attached hydrogens (tertiary/aromatic N) is 2. The van der Waals surface area contributed by atoms with Crippen LogP contribution in [0.1, 0.15) is 29.8 Å². The molecule has 0 fully saturated rings. The van der Waals surface area contributed by atoms with Crippen LogP contribution in [0.15, 0.2) is 28.9 Å². The van der Waals surface area contributed by atoms with E-state index in [-0.39, 0.29) is 5.56 Å². The van der Waals surface area contributed by atoms with Gasteiger partial charge >= 0.3 is 6.18 Å². The van der Waals surface area contributed by atoms with Crippen LogP contribution in [0.25, 0.3) is 0 Å². The fraction of sp³-hybridized carbons (Fsp3) is 0.308. The SMILES string of the molecule is CCn1ncc(Br)c1C(N)c1ccc(F)c(C(F)(F)F)c1. The van der Waals surface area contributed by atoms with Crippen molar-refractivity contribution in [3.8, 4) is 0 Å². The summed E-state index contributed by atoms with van der Waals surface area (Å²) < 4.78 is 53.7. The zero-order valence-corrected chi connectivity index (χ0v) is 12.5. The number of nitrogens with two attached hydrogens (primary N) is 1. The predicted octanol–water partition coefficient (Wildman–Crippen LogP) is 3.87. The van der Waals surface area contributed by atoms with Gasteiger partial charge in [0.2, 0.25) is 0 Å². The maximum absolute atomic E-state index is 13.3. The molecule has 114 valence electrons. The summed E-state index contributed by atoms with van der Waals surface area (Å²) in [4.78, 5) is 0. The summed E-state index contributed by atoms with van der Waals surface area (Å²) in [7, 11) is 0. The van der Waals surface area contributed by atoms with Gasteiger partial charge in [-0.15, -0.1) is 0 Å². The number of rotatable bonds is 3. The van der Waals surface area contributed by atoms with Gasteiger partial charge < -0.3 is 5.73 Å². The third-order valence-corrected chi connectivity index (χ3v) is 3.69. The Morgan fingerprint density at radius 2 is 2.05 bits per heavy atom. The maximum atomic E-state index is 13.3. The number of aromatic nitrogens is 2. The lowest BCUT2D eigenvalue weighted by Gasteiger charge is -2.17. The highest BCUT2D eigenvalue weighted by molar-refractivity contribution is 9.10. The number of benzene rings is 1. The minimum absolute atomic E-state index is 0.166. The van der Waals surface area contributed by atoms with Crippen LogP contribution in [-0.2, 0) is 12.7 Å². The van der Waals surface area contributed by atoms with E-state index in [4.69, 9.17) is 5.73 Å². The Bertz CT molecular complexity index is 651. The minimum Gasteiger partial charge on any atom is -0.319 e. The lowest BCUT2D eigenvalue weighted by Crippen LogP contribution is -2.19. The summed E-state index contributed by atoms with van der Waals surface area (Å²) >= 11 is 3.27. The van der Waals surface area contributed by atoms with Crippen molar-refractivity contribution in [3.05, 3.63) is 51.5 Å². The highest BCUT2D eigenvalue weighted by atomic mass is 79.9. The van der Waals surface area contributed by atoms with Crippen LogP contribution in [0, 0.1) is 5.82 Å². The van der Waals surface area contributed by atoms with E-state index in [9.17, 15) is 17.6 Å². The van der Waals surface area contributed by atoms with Crippen molar-refractivity contribution in [1.29, 1.82) is 0 Å². The fourth-order valence-corrected chi connectivity index (χ4v) is 2.59. The molecule has 0 aliphatic carbocycles. The summed E-state index contributed by atoms with van der Waals surface area (Å²) in [5.74, 6) is -1.32. The van der Waals surface area contributed by atoms with Gasteiger partial charge in [-0.05, 0) is 40.5 Å². The van der Waals surface area contributed by atoms with Crippen molar-refractivity contribution < 1.29 is 17.6 Å². The van der Waals surface area contributed by atoms with Crippen LogP contribution in [-0.4, -0.2) is 9.78 Å². The summed E-state index contributed by atoms with van der Waals surface area (Å²) in [5.41, 5.74) is 5.40. The van der Waals surface area contributed by atoms with Crippen LogP contribution in [0.3, 0.4) is 0 Å². The van der Waals surface area contributed by atoms with Crippen LogP contribution in [0.4, 0.5) is 17.6 Å². The van der Waals surface area contributed by atoms with Crippen molar-refractivity contribution in [2.45, 2.75) is 25.7 Å². The molecule has 0 bridgehead atoms. The average Bonchev–Trinajstić information content (AvgIpc) is 2.78. The molecule has 0 aliphatic rings. The number of hydrogen-bond acceptors (Lipinski definition) is 2. The van der Waals surface area contributed by atoms with Gasteiger partial charge in [-0.3, -0.25) is 4.68 Å². The van der Waals surface area contributed by atoms with Gasteiger partial charge in [0.05, 0.1) is 28.0 Å². The topological polar surface area (TPSA) is 43.8 Å². The van der Waals surface area contributed by atoms with E-state index in [1.54, 1.807) is 4.68 Å². The lowest BCUT2D eigenvalue weighted by molar-refractivity contribution is -0.140. The van der Waals surface area contributed by atoms with E-state index in [0.29, 0.717) is 16.7 Å². The second kappa shape index (κ2) is 5.76. The van der Waals surface area contributed by atoms with E-state index in [2.05, 4.69) is 21.0 Å². The third-order valence-electron chi connectivity index (χ3n) is 3.08. The van der Waals surface area contributed by atoms with E-state index in [1.807, 2.05) is 6.92 Å². The first-order chi connectivity index (χ1) is 9.75. The zero-order chi connectivity index (χ0) is 15.8. The molecule has 2 aromatic rings. The Kier molecular flexibility index (Phi) is 4.38. The predicted molar refractivity (Wildman–Crippen MR) is 73.0 cm³/mol. The Labute approximate surface area is 126 Å². The molecular formula is C13H12BrF4N3. The van der Waals surface area contributed by atoms with Crippen molar-refractivity contribution in [1.82, 2.24) is 9.78 Å². The first kappa shape index (κ1) is 16.0. The molecule has 0 spiro atoms. The molecule has 1 aromatic heterocycles. The average molecular weight is 366 g/mol. The van der Waals surface area contributed by atoms with Crippen LogP contribution in [0.5, 0.6) is 0 Å². The maximum Gasteiger partial charge on any atom is 0.419 e. The molecular weight excluding hydrogens is 354 g/mol. The molecule has 0 saturated heterocycles. The molecule has 0 aliphatic heterocycles. The molecule has 1 heterocycles. The van der Waals surface area contributed by atoms with E-state index in [1.165, 1.54) is 12.3 Å². The number of halogens is 5. The summed E-state index contributed by atoms with van der Waals surface area (Å²) in [6.07, 6.45) is -3.24. The van der Waals surface area contributed by atoms with Crippen LogP contribution >= 0.6 is 15.9 Å². The summed E-state index contributed by atoms with van der Waals surface area (Å²) in [6, 6.07) is 1.91. The third kappa shape index (κ3) is 3.11. The molecule has 0 radical (unpaired) electrons. The van der Waals surface area contributed by atoms with Crippen molar-refractivity contribution in [3.63, 3.8) is 0 Å². The van der Waals surface area contributed by atoms with Crippen molar-refractivity contribution in [2.24, 2.45) is 5.73 Å². The van der Waals surface area contributed by atoms with Gasteiger partial charge in [0.25, 0.3) is 0 Å². The first-order valence-corrected chi connectivity index (χ1v) is 6.88. The number of aryl methyl sites for hydroxylation is 1. The monoisotopic (exact) mass is 365 g/mol. The largest absolute Gasteiger partial charge is 0.419 e. The van der Waals surface area contributed by atoms with Crippen molar-refractivity contribution in [2.75, 3.05) is 0 Å². The Hall–Kier alpha value is -1.41. The molecule has 2 N–H and O–H groups in total. The highest BCUT2D eigenvalue weighted by Gasteiger charge is 2.35. The molecule has 1 unspecified atom stereocenters. The normalized spacial score (nSPS) is 13.5. The van der Waals surface area contributed by atoms with E-state index < -0.39 is 23.6 Å². The van der Waals surface area contributed by atoms with Gasteiger partial charge in [0.15, 0.2) is 0 Å².